The van der Waals surface area contributed by atoms with Crippen LogP contribution in [0.2, 0.25) is 0 Å². The van der Waals surface area contributed by atoms with Gasteiger partial charge in [0.15, 0.2) is 0 Å². The zero-order valence-corrected chi connectivity index (χ0v) is 70.7. The average Bonchev–Trinajstić information content (AvgIpc) is 1.56. The molecular formula is C118H89BrN4. The molecule has 0 saturated carbocycles. The second-order valence-corrected chi connectivity index (χ2v) is 33.8. The van der Waals surface area contributed by atoms with Crippen molar-refractivity contribution in [3.05, 3.63) is 488 Å². The molecule has 0 amide bonds. The molecule has 0 saturated heterocycles. The fourth-order valence-electron chi connectivity index (χ4n) is 18.6. The third-order valence-electron chi connectivity index (χ3n) is 24.7. The van der Waals surface area contributed by atoms with E-state index in [0.717, 1.165) is 38.6 Å². The minimum absolute atomic E-state index is 0.0808. The van der Waals surface area contributed by atoms with E-state index in [9.17, 15) is 0 Å². The van der Waals surface area contributed by atoms with E-state index < -0.39 is 0 Å². The van der Waals surface area contributed by atoms with E-state index in [1.54, 1.807) is 0 Å². The summed E-state index contributed by atoms with van der Waals surface area (Å²) >= 11 is 3.70. The first-order valence-electron chi connectivity index (χ1n) is 42.4. The molecule has 0 radical (unpaired) electrons. The lowest BCUT2D eigenvalue weighted by Crippen LogP contribution is -2.17. The van der Waals surface area contributed by atoms with Crippen molar-refractivity contribution >= 4 is 66.2 Å². The van der Waals surface area contributed by atoms with Gasteiger partial charge in [0.2, 0.25) is 0 Å². The molecule has 2 aliphatic rings. The zero-order valence-electron chi connectivity index (χ0n) is 69.1. The molecule has 0 fully saturated rings. The van der Waals surface area contributed by atoms with E-state index in [0.29, 0.717) is 0 Å². The minimum atomic E-state index is -0.255. The van der Waals surface area contributed by atoms with Crippen LogP contribution in [0.5, 0.6) is 0 Å². The molecule has 2 aromatic heterocycles. The maximum absolute atomic E-state index is 3.70. The highest BCUT2D eigenvalue weighted by molar-refractivity contribution is 9.10. The Morgan fingerprint density at radius 1 is 0.228 bits per heavy atom. The summed E-state index contributed by atoms with van der Waals surface area (Å²) in [5.74, 6) is 0. The summed E-state index contributed by atoms with van der Waals surface area (Å²) in [5, 5.41) is 5.97. The number of anilines is 5. The molecule has 1 N–H and O–H groups in total. The van der Waals surface area contributed by atoms with Crippen molar-refractivity contribution in [1.82, 2.24) is 9.13 Å². The van der Waals surface area contributed by atoms with Crippen LogP contribution in [0.1, 0.15) is 49.9 Å². The SMILES string of the molecule is CC1(C)c2cc(Br)ccc2-c2ccc(-n3c(-c4ccccc4)c(-c4ccccc4)c4ccccc43)cc21.CC1(C)c2cc(N(c3ccc(-c4ccccc4)cc3)c3ccc(-c4ccccc4)cc3)ccc2-c2ccc(-n3c(-c4ccccc4)c(-c4ccccc4)c4ccccc43)cc21.c1ccc(-c2ccc(Nc3ccc(-c4ccccc4)cc3)cc2)cc1. The van der Waals surface area contributed by atoms with Gasteiger partial charge in [0, 0.05) is 77.0 Å². The Labute approximate surface area is 729 Å². The van der Waals surface area contributed by atoms with Gasteiger partial charge in [-0.15, -0.1) is 0 Å². The zero-order chi connectivity index (χ0) is 83.0. The van der Waals surface area contributed by atoms with Crippen molar-refractivity contribution in [2.24, 2.45) is 0 Å². The summed E-state index contributed by atoms with van der Waals surface area (Å²) in [7, 11) is 0. The first kappa shape index (κ1) is 76.8. The Hall–Kier alpha value is -14.9. The highest BCUT2D eigenvalue weighted by atomic mass is 79.9. The Morgan fingerprint density at radius 2 is 0.488 bits per heavy atom. The van der Waals surface area contributed by atoms with Crippen LogP contribution in [-0.4, -0.2) is 9.13 Å². The number of hydrogen-bond acceptors (Lipinski definition) is 2. The van der Waals surface area contributed by atoms with Gasteiger partial charge in [0.25, 0.3) is 0 Å². The first-order chi connectivity index (χ1) is 60.4. The minimum Gasteiger partial charge on any atom is -0.356 e. The quantitative estimate of drug-likeness (QED) is 0.111. The van der Waals surface area contributed by atoms with Gasteiger partial charge in [-0.1, -0.05) is 395 Å². The van der Waals surface area contributed by atoms with Crippen LogP contribution in [0.15, 0.2) is 466 Å². The Bertz CT molecular complexity index is 7010. The van der Waals surface area contributed by atoms with Gasteiger partial charge in [-0.05, 0) is 220 Å². The van der Waals surface area contributed by atoms with Gasteiger partial charge in [-0.25, -0.2) is 0 Å². The second kappa shape index (κ2) is 33.0. The Balaban J connectivity index is 0.000000131. The number of fused-ring (bicyclic) bond motifs is 8. The summed E-state index contributed by atoms with van der Waals surface area (Å²) in [6.45, 7) is 9.46. The lowest BCUT2D eigenvalue weighted by molar-refractivity contribution is 0.659. The van der Waals surface area contributed by atoms with E-state index in [-0.39, 0.29) is 10.8 Å². The molecule has 0 spiro atoms. The predicted molar refractivity (Wildman–Crippen MR) is 524 cm³/mol. The molecule has 0 atom stereocenters. The third-order valence-corrected chi connectivity index (χ3v) is 25.2. The number of halogens is 1. The van der Waals surface area contributed by atoms with Crippen molar-refractivity contribution < 1.29 is 0 Å². The molecule has 5 heteroatoms. The summed E-state index contributed by atoms with van der Waals surface area (Å²) in [6, 6.07) is 166. The number of aromatic nitrogens is 2. The molecule has 0 bridgehead atoms. The summed E-state index contributed by atoms with van der Waals surface area (Å²) in [4.78, 5) is 2.40. The summed E-state index contributed by atoms with van der Waals surface area (Å²) in [5.41, 5.74) is 40.2. The highest BCUT2D eigenvalue weighted by Gasteiger charge is 2.39. The van der Waals surface area contributed by atoms with Crippen molar-refractivity contribution in [3.8, 4) is 123 Å². The smallest absolute Gasteiger partial charge is 0.0619 e. The molecular weight excluding hydrogens is 1550 g/mol. The Kier molecular flexibility index (Phi) is 20.6. The van der Waals surface area contributed by atoms with E-state index in [2.05, 4.69) is 512 Å². The van der Waals surface area contributed by atoms with Gasteiger partial charge in [0.05, 0.1) is 22.4 Å². The molecule has 0 aliphatic heterocycles. The van der Waals surface area contributed by atoms with Gasteiger partial charge >= 0.3 is 0 Å². The maximum Gasteiger partial charge on any atom is 0.0619 e. The lowest BCUT2D eigenvalue weighted by atomic mass is 9.82. The normalized spacial score (nSPS) is 12.4. The molecule has 18 aromatic carbocycles. The number of rotatable bonds is 15. The van der Waals surface area contributed by atoms with Gasteiger partial charge in [-0.2, -0.15) is 0 Å². The number of nitrogens with zero attached hydrogens (tertiary/aromatic N) is 3. The van der Waals surface area contributed by atoms with Crippen molar-refractivity contribution in [3.63, 3.8) is 0 Å². The standard InChI is InChI=1S/C59H44N2.C35H26BrN.C24H19N/c1-59(2)54-39-49(60(47-31-27-43(28-32-47)41-17-7-3-8-18-41)48-33-29-44(30-34-48)42-19-9-4-10-20-42)35-37-51(54)52-38-36-50(40-55(52)59)61-56-26-16-15-25-53(56)57(45-21-11-5-12-22-45)58(61)46-23-13-6-14-24-46;1-35(2)30-21-25(36)17-19-27(30)28-20-18-26(22-31(28)35)37-32-16-10-9-15-29(32)33(23-11-5-3-6-12-23)34(37)24-13-7-4-8-14-24;1-3-7-19(8-4-1)21-11-15-23(16-12-21)25-24-17-13-22(14-18-24)20-9-5-2-6-10-20/h3-40H,1-2H3;3-22H,1-2H3;1-18,25H. The molecule has 20 aromatic rings. The fraction of sp³-hybridized carbons (Fsp3) is 0.0508. The molecule has 4 nitrogen and oxygen atoms in total. The number of nitrogens with one attached hydrogen (secondary N) is 1. The third kappa shape index (κ3) is 14.8. The summed E-state index contributed by atoms with van der Waals surface area (Å²) < 4.78 is 6.07. The average molecular weight is 1640 g/mol. The first-order valence-corrected chi connectivity index (χ1v) is 43.2. The van der Waals surface area contributed by atoms with Crippen LogP contribution in [0, 0.1) is 0 Å². The van der Waals surface area contributed by atoms with Gasteiger partial charge < -0.3 is 19.4 Å². The van der Waals surface area contributed by atoms with Crippen molar-refractivity contribution in [1.29, 1.82) is 0 Å². The van der Waals surface area contributed by atoms with E-state index in [1.807, 2.05) is 12.1 Å². The largest absolute Gasteiger partial charge is 0.356 e. The molecule has 123 heavy (non-hydrogen) atoms. The van der Waals surface area contributed by atoms with Crippen LogP contribution in [0.3, 0.4) is 0 Å². The van der Waals surface area contributed by atoms with Crippen molar-refractivity contribution in [2.45, 2.75) is 38.5 Å². The highest BCUT2D eigenvalue weighted by Crippen LogP contribution is 2.55. The second-order valence-electron chi connectivity index (χ2n) is 32.9. The fourth-order valence-corrected chi connectivity index (χ4v) is 19.0. The molecule has 588 valence electrons. The number of benzene rings is 18. The van der Waals surface area contributed by atoms with Crippen molar-refractivity contribution in [2.75, 3.05) is 10.2 Å². The monoisotopic (exact) mass is 1640 g/mol. The number of hydrogen-bond donors (Lipinski definition) is 1. The van der Waals surface area contributed by atoms with E-state index in [4.69, 9.17) is 0 Å². The molecule has 2 heterocycles. The van der Waals surface area contributed by atoms with Gasteiger partial charge in [0.1, 0.15) is 0 Å². The summed E-state index contributed by atoms with van der Waals surface area (Å²) in [6.07, 6.45) is 0. The Morgan fingerprint density at radius 3 is 0.837 bits per heavy atom. The van der Waals surface area contributed by atoms with Crippen LogP contribution < -0.4 is 10.2 Å². The number of para-hydroxylation sites is 2. The van der Waals surface area contributed by atoms with Crippen LogP contribution in [0.4, 0.5) is 28.4 Å². The van der Waals surface area contributed by atoms with Crippen LogP contribution in [-0.2, 0) is 10.8 Å². The maximum atomic E-state index is 3.70. The van der Waals surface area contributed by atoms with Gasteiger partial charge in [-0.3, -0.25) is 0 Å². The topological polar surface area (TPSA) is 25.1 Å². The molecule has 22 rings (SSSR count). The molecule has 0 unspecified atom stereocenters. The van der Waals surface area contributed by atoms with E-state index >= 15 is 0 Å². The van der Waals surface area contributed by atoms with Crippen LogP contribution >= 0.6 is 15.9 Å². The van der Waals surface area contributed by atoms with Crippen LogP contribution in [0.25, 0.3) is 145 Å². The lowest BCUT2D eigenvalue weighted by Gasteiger charge is -2.28. The molecule has 2 aliphatic carbocycles. The predicted octanol–water partition coefficient (Wildman–Crippen LogP) is 32.9. The van der Waals surface area contributed by atoms with E-state index in [1.165, 1.54) is 161 Å².